The molecule has 19 heavy (non-hydrogen) atoms. The molecule has 2 N–H and O–H groups in total. The topological polar surface area (TPSA) is 79.5 Å². The first-order valence-electron chi connectivity index (χ1n) is 5.07. The summed E-state index contributed by atoms with van der Waals surface area (Å²) in [6.07, 6.45) is 0. The summed E-state index contributed by atoms with van der Waals surface area (Å²) in [5.74, 6) is -1.69. The normalized spacial score (nSPS) is 10.2. The van der Waals surface area contributed by atoms with Crippen molar-refractivity contribution in [3.05, 3.63) is 51.9 Å². The van der Waals surface area contributed by atoms with Crippen molar-refractivity contribution in [2.75, 3.05) is 5.32 Å². The number of carbonyl (C=O) groups is 2. The van der Waals surface area contributed by atoms with Gasteiger partial charge in [0.25, 0.3) is 5.91 Å². The lowest BCUT2D eigenvalue weighted by Crippen LogP contribution is -2.12. The summed E-state index contributed by atoms with van der Waals surface area (Å²) in [6.45, 7) is 0. The Morgan fingerprint density at radius 1 is 1.16 bits per heavy atom. The summed E-state index contributed by atoms with van der Waals surface area (Å²) in [4.78, 5) is 22.6. The third-order valence-electron chi connectivity index (χ3n) is 2.26. The lowest BCUT2D eigenvalue weighted by Gasteiger charge is -2.06. The summed E-state index contributed by atoms with van der Waals surface area (Å²) < 4.78 is 4.93. The van der Waals surface area contributed by atoms with Gasteiger partial charge < -0.3 is 14.8 Å². The fourth-order valence-electron chi connectivity index (χ4n) is 1.37. The maximum Gasteiger partial charge on any atom is 0.335 e. The number of carbonyl (C=O) groups excluding carboxylic acids is 1. The molecule has 1 aromatic carbocycles. The van der Waals surface area contributed by atoms with Gasteiger partial charge in [0.2, 0.25) is 0 Å². The summed E-state index contributed by atoms with van der Waals surface area (Å²) in [6, 6.07) is 6.80. The Balaban J connectivity index is 2.25. The second kappa shape index (κ2) is 5.34. The maximum absolute atomic E-state index is 11.8. The zero-order chi connectivity index (χ0) is 14.0. The van der Waals surface area contributed by atoms with Gasteiger partial charge in [-0.3, -0.25) is 4.79 Å². The first kappa shape index (κ1) is 13.5. The highest BCUT2D eigenvalue weighted by molar-refractivity contribution is 6.34. The van der Waals surface area contributed by atoms with Crippen LogP contribution in [-0.2, 0) is 0 Å². The van der Waals surface area contributed by atoms with E-state index in [1.807, 2.05) is 0 Å². The molecule has 1 aromatic heterocycles. The number of amides is 1. The smallest absolute Gasteiger partial charge is 0.335 e. The van der Waals surface area contributed by atoms with Gasteiger partial charge in [0.05, 0.1) is 16.3 Å². The Kier molecular flexibility index (Phi) is 3.78. The van der Waals surface area contributed by atoms with Crippen molar-refractivity contribution in [1.29, 1.82) is 0 Å². The van der Waals surface area contributed by atoms with Gasteiger partial charge in [0.15, 0.2) is 11.0 Å². The Bertz CT molecular complexity index is 651. The van der Waals surface area contributed by atoms with Crippen LogP contribution in [0.4, 0.5) is 5.69 Å². The average Bonchev–Trinajstić information content (AvgIpc) is 2.78. The van der Waals surface area contributed by atoms with E-state index in [-0.39, 0.29) is 27.3 Å². The van der Waals surface area contributed by atoms with Crippen molar-refractivity contribution < 1.29 is 19.1 Å². The standard InChI is InChI=1S/C12H7Cl2NO4/c13-7-2-1-6(12(17)18)5-8(7)15-11(16)9-3-4-10(14)19-9/h1-5H,(H,15,16)(H,17,18). The summed E-state index contributed by atoms with van der Waals surface area (Å²) in [7, 11) is 0. The van der Waals surface area contributed by atoms with E-state index < -0.39 is 11.9 Å². The van der Waals surface area contributed by atoms with Gasteiger partial charge in [-0.1, -0.05) is 11.6 Å². The monoisotopic (exact) mass is 299 g/mol. The van der Waals surface area contributed by atoms with E-state index >= 15 is 0 Å². The lowest BCUT2D eigenvalue weighted by atomic mass is 10.2. The molecule has 0 unspecified atom stereocenters. The van der Waals surface area contributed by atoms with Crippen LogP contribution in [-0.4, -0.2) is 17.0 Å². The molecule has 0 aliphatic carbocycles. The van der Waals surface area contributed by atoms with Gasteiger partial charge in [0, 0.05) is 0 Å². The average molecular weight is 300 g/mol. The fraction of sp³-hybridized carbons (Fsp3) is 0. The van der Waals surface area contributed by atoms with Crippen LogP contribution in [0.25, 0.3) is 0 Å². The molecule has 7 heteroatoms. The van der Waals surface area contributed by atoms with E-state index in [2.05, 4.69) is 5.32 Å². The molecule has 1 heterocycles. The van der Waals surface area contributed by atoms with Crippen molar-refractivity contribution >= 4 is 40.8 Å². The zero-order valence-corrected chi connectivity index (χ0v) is 10.8. The van der Waals surface area contributed by atoms with Gasteiger partial charge in [-0.05, 0) is 41.9 Å². The minimum Gasteiger partial charge on any atom is -0.478 e. The maximum atomic E-state index is 11.8. The number of aromatic carboxylic acids is 1. The van der Waals surface area contributed by atoms with E-state index in [0.29, 0.717) is 0 Å². The van der Waals surface area contributed by atoms with Crippen molar-refractivity contribution in [2.24, 2.45) is 0 Å². The quantitative estimate of drug-likeness (QED) is 0.908. The molecule has 5 nitrogen and oxygen atoms in total. The highest BCUT2D eigenvalue weighted by Gasteiger charge is 2.14. The van der Waals surface area contributed by atoms with Gasteiger partial charge in [0.1, 0.15) is 0 Å². The highest BCUT2D eigenvalue weighted by atomic mass is 35.5. The summed E-state index contributed by atoms with van der Waals surface area (Å²) in [5.41, 5.74) is 0.191. The Labute approximate surface area is 117 Å². The molecule has 0 bridgehead atoms. The first-order valence-corrected chi connectivity index (χ1v) is 5.82. The van der Waals surface area contributed by atoms with Gasteiger partial charge in [-0.15, -0.1) is 0 Å². The van der Waals surface area contributed by atoms with E-state index in [4.69, 9.17) is 32.7 Å². The van der Waals surface area contributed by atoms with Crippen molar-refractivity contribution in [1.82, 2.24) is 0 Å². The van der Waals surface area contributed by atoms with Crippen LogP contribution in [0.15, 0.2) is 34.7 Å². The molecule has 2 rings (SSSR count). The van der Waals surface area contributed by atoms with Crippen molar-refractivity contribution in [2.45, 2.75) is 0 Å². The number of carboxylic acids is 1. The number of furan rings is 1. The second-order valence-electron chi connectivity index (χ2n) is 3.56. The molecule has 0 spiro atoms. The third kappa shape index (κ3) is 3.07. The predicted molar refractivity (Wildman–Crippen MR) is 70.1 cm³/mol. The fourth-order valence-corrected chi connectivity index (χ4v) is 1.69. The molecule has 0 radical (unpaired) electrons. The van der Waals surface area contributed by atoms with E-state index in [9.17, 15) is 9.59 Å². The number of hydrogen-bond acceptors (Lipinski definition) is 3. The molecule has 2 aromatic rings. The highest BCUT2D eigenvalue weighted by Crippen LogP contribution is 2.24. The van der Waals surface area contributed by atoms with Crippen LogP contribution in [0.1, 0.15) is 20.9 Å². The van der Waals surface area contributed by atoms with Crippen molar-refractivity contribution in [3.8, 4) is 0 Å². The van der Waals surface area contributed by atoms with Gasteiger partial charge >= 0.3 is 5.97 Å². The van der Waals surface area contributed by atoms with Crippen LogP contribution in [0.2, 0.25) is 10.2 Å². The largest absolute Gasteiger partial charge is 0.478 e. The molecule has 0 saturated carbocycles. The molecule has 0 atom stereocenters. The number of halogens is 2. The molecule has 98 valence electrons. The number of nitrogens with one attached hydrogen (secondary N) is 1. The van der Waals surface area contributed by atoms with Crippen LogP contribution in [0, 0.1) is 0 Å². The SMILES string of the molecule is O=C(O)c1ccc(Cl)c(NC(=O)c2ccc(Cl)o2)c1. The summed E-state index contributed by atoms with van der Waals surface area (Å²) in [5, 5.41) is 11.6. The minimum atomic E-state index is -1.12. The summed E-state index contributed by atoms with van der Waals surface area (Å²) >= 11 is 11.4. The van der Waals surface area contributed by atoms with Gasteiger partial charge in [-0.25, -0.2) is 4.79 Å². The van der Waals surface area contributed by atoms with Crippen molar-refractivity contribution in [3.63, 3.8) is 0 Å². The number of anilines is 1. The van der Waals surface area contributed by atoms with E-state index in [1.54, 1.807) is 0 Å². The predicted octanol–water partition coefficient (Wildman–Crippen LogP) is 3.54. The molecule has 0 saturated heterocycles. The first-order chi connectivity index (χ1) is 8.97. The van der Waals surface area contributed by atoms with Crippen LogP contribution >= 0.6 is 23.2 Å². The molecular weight excluding hydrogens is 293 g/mol. The lowest BCUT2D eigenvalue weighted by molar-refractivity contribution is 0.0696. The number of benzene rings is 1. The minimum absolute atomic E-state index is 0.00166. The molecule has 0 fully saturated rings. The molecule has 0 aliphatic heterocycles. The Morgan fingerprint density at radius 2 is 1.89 bits per heavy atom. The van der Waals surface area contributed by atoms with E-state index in [1.165, 1.54) is 30.3 Å². The van der Waals surface area contributed by atoms with Crippen LogP contribution in [0.5, 0.6) is 0 Å². The molecule has 0 aliphatic rings. The third-order valence-corrected chi connectivity index (χ3v) is 2.79. The van der Waals surface area contributed by atoms with Crippen LogP contribution < -0.4 is 5.32 Å². The second-order valence-corrected chi connectivity index (χ2v) is 4.34. The molecular formula is C12H7Cl2NO4. The Morgan fingerprint density at radius 3 is 2.47 bits per heavy atom. The van der Waals surface area contributed by atoms with E-state index in [0.717, 1.165) is 0 Å². The zero-order valence-electron chi connectivity index (χ0n) is 9.31. The number of rotatable bonds is 3. The Hall–Kier alpha value is -1.98. The number of hydrogen-bond donors (Lipinski definition) is 2. The van der Waals surface area contributed by atoms with Crippen LogP contribution in [0.3, 0.4) is 0 Å². The molecule has 1 amide bonds. The van der Waals surface area contributed by atoms with Gasteiger partial charge in [-0.2, -0.15) is 0 Å². The number of carboxylic acid groups (broad SMARTS) is 1.